The molecule has 0 bridgehead atoms. The molecule has 5 nitrogen and oxygen atoms in total. The molecule has 0 radical (unpaired) electrons. The number of piperidine rings is 1. The Morgan fingerprint density at radius 3 is 2.44 bits per heavy atom. The van der Waals surface area contributed by atoms with E-state index in [-0.39, 0.29) is 10.8 Å². The molecule has 0 N–H and O–H groups in total. The number of sulfone groups is 1. The summed E-state index contributed by atoms with van der Waals surface area (Å²) in [5.41, 5.74) is 0. The van der Waals surface area contributed by atoms with Gasteiger partial charge in [-0.2, -0.15) is 0 Å². The van der Waals surface area contributed by atoms with Gasteiger partial charge >= 0.3 is 0 Å². The molecule has 3 rings (SSSR count). The van der Waals surface area contributed by atoms with Crippen LogP contribution in [0.5, 0.6) is 0 Å². The molecule has 7 heteroatoms. The molecule has 1 aliphatic heterocycles. The lowest BCUT2D eigenvalue weighted by Crippen LogP contribution is -2.41. The standard InChI is InChI=1S/C18H18FNO4S/c19-14-3-6-16(7-4-14)25(22,23)17-9-11-20(12-10-17)18(21)8-5-15-2-1-13-24-15/h1-8,13,17H,9-12H2/b8-5+. The van der Waals surface area contributed by atoms with Crippen LogP contribution in [0.2, 0.25) is 0 Å². The maximum atomic E-state index is 13.0. The fraction of sp³-hybridized carbons (Fsp3) is 0.278. The summed E-state index contributed by atoms with van der Waals surface area (Å²) in [6.45, 7) is 0.735. The SMILES string of the molecule is O=C(/C=C/c1ccco1)N1CCC(S(=O)(=O)c2ccc(F)cc2)CC1. The molecule has 1 fully saturated rings. The first-order valence-corrected chi connectivity index (χ1v) is 9.51. The lowest BCUT2D eigenvalue weighted by atomic mass is 10.1. The Kier molecular flexibility index (Phi) is 5.03. The lowest BCUT2D eigenvalue weighted by molar-refractivity contribution is -0.126. The zero-order chi connectivity index (χ0) is 17.9. The monoisotopic (exact) mass is 363 g/mol. The maximum Gasteiger partial charge on any atom is 0.246 e. The Balaban J connectivity index is 1.61. The van der Waals surface area contributed by atoms with Gasteiger partial charge in [0.05, 0.1) is 16.4 Å². The maximum absolute atomic E-state index is 13.0. The van der Waals surface area contributed by atoms with E-state index in [1.165, 1.54) is 24.5 Å². The zero-order valence-corrected chi connectivity index (χ0v) is 14.3. The fourth-order valence-electron chi connectivity index (χ4n) is 2.85. The predicted octanol–water partition coefficient (Wildman–Crippen LogP) is 2.90. The van der Waals surface area contributed by atoms with Gasteiger partial charge in [0.1, 0.15) is 11.6 Å². The van der Waals surface area contributed by atoms with E-state index in [9.17, 15) is 17.6 Å². The third kappa shape index (κ3) is 3.99. The van der Waals surface area contributed by atoms with Gasteiger partial charge < -0.3 is 9.32 Å². The molecular weight excluding hydrogens is 345 g/mol. The second-order valence-electron chi connectivity index (χ2n) is 5.87. The van der Waals surface area contributed by atoms with Crippen LogP contribution in [0.3, 0.4) is 0 Å². The van der Waals surface area contributed by atoms with Crippen LogP contribution in [0.25, 0.3) is 6.08 Å². The first-order valence-electron chi connectivity index (χ1n) is 7.97. The van der Waals surface area contributed by atoms with Crippen molar-refractivity contribution in [3.05, 3.63) is 60.3 Å². The second kappa shape index (κ2) is 7.23. The molecule has 0 atom stereocenters. The molecule has 0 spiro atoms. The van der Waals surface area contributed by atoms with Crippen molar-refractivity contribution in [3.63, 3.8) is 0 Å². The number of hydrogen-bond acceptors (Lipinski definition) is 4. The number of likely N-dealkylation sites (tertiary alicyclic amines) is 1. The van der Waals surface area contributed by atoms with Gasteiger partial charge in [-0.1, -0.05) is 0 Å². The van der Waals surface area contributed by atoms with E-state index in [1.54, 1.807) is 23.1 Å². The minimum Gasteiger partial charge on any atom is -0.465 e. The van der Waals surface area contributed by atoms with Gasteiger partial charge in [-0.25, -0.2) is 12.8 Å². The van der Waals surface area contributed by atoms with Crippen molar-refractivity contribution in [1.29, 1.82) is 0 Å². The van der Waals surface area contributed by atoms with Crippen LogP contribution in [0, 0.1) is 5.82 Å². The van der Waals surface area contributed by atoms with Crippen molar-refractivity contribution in [2.24, 2.45) is 0 Å². The highest BCUT2D eigenvalue weighted by atomic mass is 32.2. The quantitative estimate of drug-likeness (QED) is 0.619. The van der Waals surface area contributed by atoms with Crippen LogP contribution in [0.1, 0.15) is 18.6 Å². The summed E-state index contributed by atoms with van der Waals surface area (Å²) in [5, 5.41) is -0.559. The number of hydrogen-bond donors (Lipinski definition) is 0. The average molecular weight is 363 g/mol. The van der Waals surface area contributed by atoms with Crippen LogP contribution < -0.4 is 0 Å². The highest BCUT2D eigenvalue weighted by molar-refractivity contribution is 7.92. The molecule has 25 heavy (non-hydrogen) atoms. The molecule has 1 aliphatic rings. The highest BCUT2D eigenvalue weighted by Gasteiger charge is 2.32. The topological polar surface area (TPSA) is 67.6 Å². The molecule has 1 aromatic carbocycles. The van der Waals surface area contributed by atoms with Gasteiger partial charge in [0, 0.05) is 19.2 Å². The van der Waals surface area contributed by atoms with Gasteiger partial charge in [-0.05, 0) is 55.3 Å². The van der Waals surface area contributed by atoms with Crippen LogP contribution in [-0.4, -0.2) is 37.6 Å². The summed E-state index contributed by atoms with van der Waals surface area (Å²) in [7, 11) is -3.51. The largest absolute Gasteiger partial charge is 0.465 e. The van der Waals surface area contributed by atoms with Crippen molar-refractivity contribution in [1.82, 2.24) is 4.90 Å². The Morgan fingerprint density at radius 1 is 1.16 bits per heavy atom. The summed E-state index contributed by atoms with van der Waals surface area (Å²) in [4.78, 5) is 13.9. The predicted molar refractivity (Wildman–Crippen MR) is 90.9 cm³/mol. The van der Waals surface area contributed by atoms with Crippen molar-refractivity contribution < 1.29 is 22.0 Å². The summed E-state index contributed by atoms with van der Waals surface area (Å²) in [5.74, 6) is -0.0566. The number of halogens is 1. The van der Waals surface area contributed by atoms with E-state index in [2.05, 4.69) is 0 Å². The van der Waals surface area contributed by atoms with E-state index in [1.807, 2.05) is 0 Å². The molecule has 0 aliphatic carbocycles. The van der Waals surface area contributed by atoms with Crippen LogP contribution in [0.15, 0.2) is 58.1 Å². The Labute approximate surface area is 145 Å². The number of furan rings is 1. The van der Waals surface area contributed by atoms with Crippen LogP contribution in [-0.2, 0) is 14.6 Å². The summed E-state index contributed by atoms with van der Waals surface area (Å²) < 4.78 is 43.3. The van der Waals surface area contributed by atoms with Gasteiger partial charge in [-0.15, -0.1) is 0 Å². The van der Waals surface area contributed by atoms with Crippen molar-refractivity contribution in [2.45, 2.75) is 23.0 Å². The molecule has 1 saturated heterocycles. The van der Waals surface area contributed by atoms with Crippen LogP contribution >= 0.6 is 0 Å². The molecule has 0 unspecified atom stereocenters. The molecule has 2 heterocycles. The minimum absolute atomic E-state index is 0.122. The average Bonchev–Trinajstić information content (AvgIpc) is 3.14. The molecule has 1 amide bonds. The Morgan fingerprint density at radius 2 is 1.84 bits per heavy atom. The third-order valence-electron chi connectivity index (χ3n) is 4.27. The fourth-order valence-corrected chi connectivity index (χ4v) is 4.58. The summed E-state index contributed by atoms with van der Waals surface area (Å²) in [6, 6.07) is 8.33. The molecule has 1 aromatic heterocycles. The van der Waals surface area contributed by atoms with Crippen molar-refractivity contribution >= 4 is 21.8 Å². The van der Waals surface area contributed by atoms with Gasteiger partial charge in [0.25, 0.3) is 0 Å². The number of carbonyl (C=O) groups excluding carboxylic acids is 1. The third-order valence-corrected chi connectivity index (χ3v) is 6.55. The Hall–Kier alpha value is -2.41. The summed E-state index contributed by atoms with van der Waals surface area (Å²) >= 11 is 0. The van der Waals surface area contributed by atoms with Gasteiger partial charge in [-0.3, -0.25) is 4.79 Å². The molecule has 0 saturated carbocycles. The van der Waals surface area contributed by atoms with E-state index in [4.69, 9.17) is 4.42 Å². The van der Waals surface area contributed by atoms with E-state index in [0.717, 1.165) is 12.1 Å². The van der Waals surface area contributed by atoms with E-state index in [0.29, 0.717) is 31.7 Å². The van der Waals surface area contributed by atoms with Crippen molar-refractivity contribution in [2.75, 3.05) is 13.1 Å². The van der Waals surface area contributed by atoms with Gasteiger partial charge in [0.2, 0.25) is 5.91 Å². The summed E-state index contributed by atoms with van der Waals surface area (Å²) in [6.07, 6.45) is 5.26. The number of benzene rings is 1. The van der Waals surface area contributed by atoms with Crippen LogP contribution in [0.4, 0.5) is 4.39 Å². The first-order chi connectivity index (χ1) is 12.0. The first kappa shape index (κ1) is 17.4. The zero-order valence-electron chi connectivity index (χ0n) is 13.5. The molecule has 2 aromatic rings. The number of rotatable bonds is 4. The number of nitrogens with zero attached hydrogens (tertiary/aromatic N) is 1. The number of carbonyl (C=O) groups is 1. The Bertz CT molecular complexity index is 849. The van der Waals surface area contributed by atoms with Crippen molar-refractivity contribution in [3.8, 4) is 0 Å². The second-order valence-corrected chi connectivity index (χ2v) is 8.10. The number of amides is 1. The minimum atomic E-state index is -3.51. The normalized spacial score (nSPS) is 16.4. The lowest BCUT2D eigenvalue weighted by Gasteiger charge is -2.31. The van der Waals surface area contributed by atoms with E-state index < -0.39 is 20.9 Å². The molecular formula is C18H18FNO4S. The van der Waals surface area contributed by atoms with Gasteiger partial charge in [0.15, 0.2) is 9.84 Å². The van der Waals surface area contributed by atoms with E-state index >= 15 is 0 Å². The molecule has 132 valence electrons. The smallest absolute Gasteiger partial charge is 0.246 e. The highest BCUT2D eigenvalue weighted by Crippen LogP contribution is 2.25.